The maximum absolute atomic E-state index is 10.7. The molecular formula is C12H15ClN2O4. The van der Waals surface area contributed by atoms with Crippen LogP contribution in [0.15, 0.2) is 12.1 Å². The standard InChI is InChI=1S/C12H15ClN2O4/c1-7-4-10(15(18)19)8(13)5-9(7)14-12(2,3)6-11(16)17/h4-5,14H,6H2,1-3H3,(H,16,17). The predicted octanol–water partition coefficient (Wildman–Crippen LogP) is 3.22. The van der Waals surface area contributed by atoms with Gasteiger partial charge in [0.05, 0.1) is 11.3 Å². The number of rotatable bonds is 5. The number of nitro groups is 1. The number of anilines is 1. The minimum atomic E-state index is -0.928. The molecule has 0 spiro atoms. The Labute approximate surface area is 115 Å². The van der Waals surface area contributed by atoms with Crippen molar-refractivity contribution in [2.24, 2.45) is 0 Å². The fourth-order valence-electron chi connectivity index (χ4n) is 1.73. The predicted molar refractivity (Wildman–Crippen MR) is 72.8 cm³/mol. The van der Waals surface area contributed by atoms with Crippen LogP contribution in [0.3, 0.4) is 0 Å². The Kier molecular flexibility index (Phi) is 4.36. The van der Waals surface area contributed by atoms with Crippen LogP contribution < -0.4 is 5.32 Å². The first-order valence-electron chi connectivity index (χ1n) is 5.57. The largest absolute Gasteiger partial charge is 0.481 e. The normalized spacial score (nSPS) is 11.2. The van der Waals surface area contributed by atoms with Crippen molar-refractivity contribution in [1.82, 2.24) is 0 Å². The number of nitrogens with zero attached hydrogens (tertiary/aromatic N) is 1. The number of aryl methyl sites for hydroxylation is 1. The molecule has 6 nitrogen and oxygen atoms in total. The van der Waals surface area contributed by atoms with Gasteiger partial charge in [0.1, 0.15) is 5.02 Å². The molecule has 0 aliphatic heterocycles. The average molecular weight is 287 g/mol. The Morgan fingerprint density at radius 2 is 2.11 bits per heavy atom. The Morgan fingerprint density at radius 3 is 2.58 bits per heavy atom. The van der Waals surface area contributed by atoms with E-state index in [1.165, 1.54) is 12.1 Å². The summed E-state index contributed by atoms with van der Waals surface area (Å²) in [6, 6.07) is 2.81. The Balaban J connectivity index is 3.06. The van der Waals surface area contributed by atoms with Crippen molar-refractivity contribution in [1.29, 1.82) is 0 Å². The molecule has 0 atom stereocenters. The van der Waals surface area contributed by atoms with E-state index in [4.69, 9.17) is 16.7 Å². The van der Waals surface area contributed by atoms with Gasteiger partial charge in [0.15, 0.2) is 0 Å². The second-order valence-electron chi connectivity index (χ2n) is 4.96. The highest BCUT2D eigenvalue weighted by molar-refractivity contribution is 6.33. The molecule has 0 aliphatic rings. The van der Waals surface area contributed by atoms with Gasteiger partial charge >= 0.3 is 5.97 Å². The first-order valence-corrected chi connectivity index (χ1v) is 5.95. The molecule has 1 aromatic carbocycles. The van der Waals surface area contributed by atoms with Gasteiger partial charge in [0, 0.05) is 17.3 Å². The first-order chi connectivity index (χ1) is 8.62. The van der Waals surface area contributed by atoms with Crippen molar-refractivity contribution in [3.63, 3.8) is 0 Å². The fraction of sp³-hybridized carbons (Fsp3) is 0.417. The van der Waals surface area contributed by atoms with Gasteiger partial charge in [0.25, 0.3) is 5.69 Å². The molecule has 0 saturated carbocycles. The van der Waals surface area contributed by atoms with Crippen LogP contribution in [0.5, 0.6) is 0 Å². The summed E-state index contributed by atoms with van der Waals surface area (Å²) in [5.74, 6) is -0.928. The number of hydrogen-bond acceptors (Lipinski definition) is 4. The Bertz CT molecular complexity index is 529. The second-order valence-corrected chi connectivity index (χ2v) is 5.36. The quantitative estimate of drug-likeness (QED) is 0.640. The molecule has 2 N–H and O–H groups in total. The molecule has 0 aliphatic carbocycles. The average Bonchev–Trinajstić information content (AvgIpc) is 2.19. The fourth-order valence-corrected chi connectivity index (χ4v) is 1.96. The van der Waals surface area contributed by atoms with E-state index in [1.54, 1.807) is 20.8 Å². The summed E-state index contributed by atoms with van der Waals surface area (Å²) in [5.41, 5.74) is 0.368. The zero-order valence-electron chi connectivity index (χ0n) is 10.9. The third-order valence-electron chi connectivity index (χ3n) is 2.56. The zero-order chi connectivity index (χ0) is 14.8. The molecule has 0 saturated heterocycles. The van der Waals surface area contributed by atoms with E-state index in [0.717, 1.165) is 0 Å². The number of nitro benzene ring substituents is 1. The van der Waals surface area contributed by atoms with Gasteiger partial charge in [-0.25, -0.2) is 0 Å². The second kappa shape index (κ2) is 5.44. The summed E-state index contributed by atoms with van der Waals surface area (Å²) in [6.07, 6.45) is -0.0823. The zero-order valence-corrected chi connectivity index (χ0v) is 11.6. The van der Waals surface area contributed by atoms with Crippen molar-refractivity contribution in [2.75, 3.05) is 5.32 Å². The number of hydrogen-bond donors (Lipinski definition) is 2. The molecule has 1 rings (SSSR count). The van der Waals surface area contributed by atoms with E-state index >= 15 is 0 Å². The van der Waals surface area contributed by atoms with Gasteiger partial charge in [-0.3, -0.25) is 14.9 Å². The number of benzene rings is 1. The van der Waals surface area contributed by atoms with Crippen LogP contribution in [0.2, 0.25) is 5.02 Å². The summed E-state index contributed by atoms with van der Waals surface area (Å²) in [4.78, 5) is 20.9. The molecule has 0 fully saturated rings. The van der Waals surface area contributed by atoms with Crippen molar-refractivity contribution in [3.8, 4) is 0 Å². The van der Waals surface area contributed by atoms with Crippen LogP contribution in [-0.4, -0.2) is 21.5 Å². The summed E-state index contributed by atoms with van der Waals surface area (Å²) in [6.45, 7) is 5.16. The van der Waals surface area contributed by atoms with E-state index < -0.39 is 16.4 Å². The Morgan fingerprint density at radius 1 is 1.53 bits per heavy atom. The van der Waals surface area contributed by atoms with Crippen molar-refractivity contribution in [3.05, 3.63) is 32.8 Å². The molecule has 0 bridgehead atoms. The molecule has 1 aromatic rings. The van der Waals surface area contributed by atoms with Crippen molar-refractivity contribution in [2.45, 2.75) is 32.7 Å². The molecule has 19 heavy (non-hydrogen) atoms. The lowest BCUT2D eigenvalue weighted by Crippen LogP contribution is -2.33. The van der Waals surface area contributed by atoms with E-state index in [0.29, 0.717) is 11.3 Å². The van der Waals surface area contributed by atoms with Crippen LogP contribution in [0.4, 0.5) is 11.4 Å². The third kappa shape index (κ3) is 4.10. The molecule has 104 valence electrons. The molecule has 0 heterocycles. The van der Waals surface area contributed by atoms with Gasteiger partial charge in [-0.2, -0.15) is 0 Å². The van der Waals surface area contributed by atoms with E-state index in [1.807, 2.05) is 0 Å². The minimum absolute atomic E-state index is 0.0178. The van der Waals surface area contributed by atoms with Gasteiger partial charge in [-0.1, -0.05) is 11.6 Å². The molecule has 0 radical (unpaired) electrons. The summed E-state index contributed by atoms with van der Waals surface area (Å²) >= 11 is 5.83. The van der Waals surface area contributed by atoms with Crippen molar-refractivity contribution < 1.29 is 14.8 Å². The summed E-state index contributed by atoms with van der Waals surface area (Å²) in [7, 11) is 0. The Hall–Kier alpha value is -1.82. The molecule has 7 heteroatoms. The van der Waals surface area contributed by atoms with Gasteiger partial charge in [0.2, 0.25) is 0 Å². The highest BCUT2D eigenvalue weighted by Gasteiger charge is 2.23. The van der Waals surface area contributed by atoms with Crippen LogP contribution >= 0.6 is 11.6 Å². The van der Waals surface area contributed by atoms with E-state index in [-0.39, 0.29) is 17.1 Å². The minimum Gasteiger partial charge on any atom is -0.481 e. The number of halogens is 1. The van der Waals surface area contributed by atoms with Crippen molar-refractivity contribution >= 4 is 28.9 Å². The summed E-state index contributed by atoms with van der Waals surface area (Å²) in [5, 5.41) is 22.6. The number of carboxylic acids is 1. The van der Waals surface area contributed by atoms with Crippen LogP contribution in [0, 0.1) is 17.0 Å². The number of aliphatic carboxylic acids is 1. The maximum Gasteiger partial charge on any atom is 0.305 e. The maximum atomic E-state index is 10.7. The number of nitrogens with one attached hydrogen (secondary N) is 1. The van der Waals surface area contributed by atoms with Crippen LogP contribution in [0.25, 0.3) is 0 Å². The molecular weight excluding hydrogens is 272 g/mol. The summed E-state index contributed by atoms with van der Waals surface area (Å²) < 4.78 is 0. The van der Waals surface area contributed by atoms with Crippen LogP contribution in [-0.2, 0) is 4.79 Å². The molecule has 0 unspecified atom stereocenters. The monoisotopic (exact) mass is 286 g/mol. The highest BCUT2D eigenvalue weighted by Crippen LogP contribution is 2.32. The molecule has 0 aromatic heterocycles. The topological polar surface area (TPSA) is 92.5 Å². The lowest BCUT2D eigenvalue weighted by Gasteiger charge is -2.26. The molecule has 0 amide bonds. The number of carbonyl (C=O) groups is 1. The van der Waals surface area contributed by atoms with Gasteiger partial charge in [-0.15, -0.1) is 0 Å². The first kappa shape index (κ1) is 15.2. The lowest BCUT2D eigenvalue weighted by atomic mass is 9.99. The van der Waals surface area contributed by atoms with E-state index in [2.05, 4.69) is 5.32 Å². The lowest BCUT2D eigenvalue weighted by molar-refractivity contribution is -0.384. The van der Waals surface area contributed by atoms with Gasteiger partial charge < -0.3 is 10.4 Å². The van der Waals surface area contributed by atoms with E-state index in [9.17, 15) is 14.9 Å². The third-order valence-corrected chi connectivity index (χ3v) is 2.86. The highest BCUT2D eigenvalue weighted by atomic mass is 35.5. The SMILES string of the molecule is Cc1cc([N+](=O)[O-])c(Cl)cc1NC(C)(C)CC(=O)O. The van der Waals surface area contributed by atoms with Gasteiger partial charge in [-0.05, 0) is 32.4 Å². The van der Waals surface area contributed by atoms with Crippen LogP contribution in [0.1, 0.15) is 25.8 Å². The number of carboxylic acid groups (broad SMARTS) is 1. The smallest absolute Gasteiger partial charge is 0.305 e.